The Balaban J connectivity index is 2.34. The Hall–Kier alpha value is -1.68. The zero-order valence-electron chi connectivity index (χ0n) is 11.2. The Kier molecular flexibility index (Phi) is 4.10. The summed E-state index contributed by atoms with van der Waals surface area (Å²) in [5, 5.41) is 3.56. The summed E-state index contributed by atoms with van der Waals surface area (Å²) in [6.07, 6.45) is 6.76. The maximum atomic E-state index is 4.37. The van der Waals surface area contributed by atoms with E-state index in [-0.39, 0.29) is 6.04 Å². The van der Waals surface area contributed by atoms with Crippen molar-refractivity contribution >= 4 is 0 Å². The van der Waals surface area contributed by atoms with Crippen molar-refractivity contribution in [3.63, 3.8) is 0 Å². The van der Waals surface area contributed by atoms with Crippen LogP contribution in [0.5, 0.6) is 0 Å². The zero-order chi connectivity index (χ0) is 13.0. The number of imidazole rings is 1. The van der Waals surface area contributed by atoms with Gasteiger partial charge in [0.15, 0.2) is 0 Å². The fraction of sp³-hybridized carbons (Fsp3) is 0.429. The Morgan fingerprint density at radius 2 is 2.22 bits per heavy atom. The number of aryl methyl sites for hydroxylation is 1. The molecule has 4 nitrogen and oxygen atoms in total. The van der Waals surface area contributed by atoms with Crippen LogP contribution in [0, 0.1) is 6.92 Å². The summed E-state index contributed by atoms with van der Waals surface area (Å²) in [6, 6.07) is 4.23. The zero-order valence-corrected chi connectivity index (χ0v) is 11.2. The maximum Gasteiger partial charge on any atom is 0.105 e. The summed E-state index contributed by atoms with van der Waals surface area (Å²) in [4.78, 5) is 8.58. The van der Waals surface area contributed by atoms with E-state index in [1.807, 2.05) is 25.4 Å². The van der Waals surface area contributed by atoms with E-state index in [1.54, 1.807) is 6.20 Å². The molecule has 0 saturated carbocycles. The third-order valence-corrected chi connectivity index (χ3v) is 3.17. The van der Waals surface area contributed by atoms with Crippen LogP contribution in [-0.2, 0) is 7.05 Å². The van der Waals surface area contributed by atoms with E-state index >= 15 is 0 Å². The van der Waals surface area contributed by atoms with Gasteiger partial charge in [-0.3, -0.25) is 4.98 Å². The molecule has 18 heavy (non-hydrogen) atoms. The molecule has 96 valence electrons. The molecule has 2 rings (SSSR count). The maximum absolute atomic E-state index is 4.37. The lowest BCUT2D eigenvalue weighted by Crippen LogP contribution is -2.25. The van der Waals surface area contributed by atoms with E-state index in [1.165, 1.54) is 11.3 Å². The van der Waals surface area contributed by atoms with Gasteiger partial charge in [-0.05, 0) is 31.5 Å². The van der Waals surface area contributed by atoms with Crippen molar-refractivity contribution in [3.8, 4) is 0 Å². The van der Waals surface area contributed by atoms with E-state index in [0.717, 1.165) is 18.8 Å². The van der Waals surface area contributed by atoms with Crippen molar-refractivity contribution in [1.29, 1.82) is 0 Å². The van der Waals surface area contributed by atoms with E-state index in [2.05, 4.69) is 39.9 Å². The highest BCUT2D eigenvalue weighted by Gasteiger charge is 2.17. The van der Waals surface area contributed by atoms with Gasteiger partial charge in [0.05, 0.1) is 17.9 Å². The first-order valence-corrected chi connectivity index (χ1v) is 6.35. The minimum atomic E-state index is 0.157. The van der Waals surface area contributed by atoms with Crippen molar-refractivity contribution in [2.45, 2.75) is 26.3 Å². The largest absolute Gasteiger partial charge is 0.334 e. The molecule has 4 heteroatoms. The second-order valence-electron chi connectivity index (χ2n) is 4.46. The van der Waals surface area contributed by atoms with Crippen LogP contribution < -0.4 is 5.32 Å². The molecule has 0 bridgehead atoms. The first-order chi connectivity index (χ1) is 8.74. The molecule has 0 aliphatic heterocycles. The molecule has 0 fully saturated rings. The molecular formula is C14H20N4. The van der Waals surface area contributed by atoms with E-state index in [4.69, 9.17) is 0 Å². The average Bonchev–Trinajstić information content (AvgIpc) is 2.73. The molecule has 0 radical (unpaired) electrons. The number of aromatic nitrogens is 3. The molecule has 0 aromatic carbocycles. The van der Waals surface area contributed by atoms with Gasteiger partial charge in [0.2, 0.25) is 0 Å². The van der Waals surface area contributed by atoms with E-state index in [0.29, 0.717) is 0 Å². The van der Waals surface area contributed by atoms with Gasteiger partial charge in [-0.2, -0.15) is 0 Å². The highest BCUT2D eigenvalue weighted by molar-refractivity contribution is 5.25. The van der Waals surface area contributed by atoms with Crippen molar-refractivity contribution < 1.29 is 0 Å². The second-order valence-corrected chi connectivity index (χ2v) is 4.46. The minimum absolute atomic E-state index is 0.157. The highest BCUT2D eigenvalue weighted by Crippen LogP contribution is 2.21. The van der Waals surface area contributed by atoms with Gasteiger partial charge in [-0.25, -0.2) is 4.98 Å². The van der Waals surface area contributed by atoms with Gasteiger partial charge in [0, 0.05) is 19.4 Å². The van der Waals surface area contributed by atoms with Gasteiger partial charge in [-0.15, -0.1) is 0 Å². The number of rotatable bonds is 5. The van der Waals surface area contributed by atoms with Crippen LogP contribution in [0.25, 0.3) is 0 Å². The third-order valence-electron chi connectivity index (χ3n) is 3.17. The molecule has 1 N–H and O–H groups in total. The predicted molar refractivity (Wildman–Crippen MR) is 72.3 cm³/mol. The Bertz CT molecular complexity index is 490. The van der Waals surface area contributed by atoms with Gasteiger partial charge in [0.1, 0.15) is 5.82 Å². The number of hydrogen-bond donors (Lipinski definition) is 1. The van der Waals surface area contributed by atoms with Crippen molar-refractivity contribution in [3.05, 3.63) is 47.8 Å². The Morgan fingerprint density at radius 1 is 1.39 bits per heavy atom. The topological polar surface area (TPSA) is 42.7 Å². The summed E-state index contributed by atoms with van der Waals surface area (Å²) < 4.78 is 2.13. The number of nitrogens with zero attached hydrogens (tertiary/aromatic N) is 3. The molecular weight excluding hydrogens is 224 g/mol. The van der Waals surface area contributed by atoms with Crippen LogP contribution in [0.15, 0.2) is 30.7 Å². The standard InChI is InChI=1S/C14H20N4/c1-4-7-16-14(12-6-5-8-15-9-12)13-10-17-11(2)18(13)3/h5-6,8-10,14,16H,4,7H2,1-3H3. The predicted octanol–water partition coefficient (Wildman–Crippen LogP) is 2.21. The van der Waals surface area contributed by atoms with Crippen LogP contribution in [0.4, 0.5) is 0 Å². The summed E-state index contributed by atoms with van der Waals surface area (Å²) in [7, 11) is 2.05. The van der Waals surface area contributed by atoms with Gasteiger partial charge < -0.3 is 9.88 Å². The van der Waals surface area contributed by atoms with Gasteiger partial charge >= 0.3 is 0 Å². The fourth-order valence-corrected chi connectivity index (χ4v) is 2.02. The highest BCUT2D eigenvalue weighted by atomic mass is 15.1. The van der Waals surface area contributed by atoms with Crippen LogP contribution in [0.2, 0.25) is 0 Å². The first-order valence-electron chi connectivity index (χ1n) is 6.35. The lowest BCUT2D eigenvalue weighted by molar-refractivity contribution is 0.565. The number of hydrogen-bond acceptors (Lipinski definition) is 3. The first kappa shape index (κ1) is 12.8. The fourth-order valence-electron chi connectivity index (χ4n) is 2.02. The van der Waals surface area contributed by atoms with E-state index < -0.39 is 0 Å². The van der Waals surface area contributed by atoms with E-state index in [9.17, 15) is 0 Å². The molecule has 2 aromatic rings. The van der Waals surface area contributed by atoms with Gasteiger partial charge in [0.25, 0.3) is 0 Å². The molecule has 0 aliphatic rings. The summed E-state index contributed by atoms with van der Waals surface area (Å²) >= 11 is 0. The summed E-state index contributed by atoms with van der Waals surface area (Å²) in [5.41, 5.74) is 2.35. The molecule has 0 aliphatic carbocycles. The Morgan fingerprint density at radius 3 is 2.78 bits per heavy atom. The molecule has 0 spiro atoms. The minimum Gasteiger partial charge on any atom is -0.334 e. The van der Waals surface area contributed by atoms with Crippen molar-refractivity contribution in [2.75, 3.05) is 6.54 Å². The molecule has 0 saturated heterocycles. The quantitative estimate of drug-likeness (QED) is 0.877. The average molecular weight is 244 g/mol. The number of pyridine rings is 1. The van der Waals surface area contributed by atoms with Crippen LogP contribution >= 0.6 is 0 Å². The number of nitrogens with one attached hydrogen (secondary N) is 1. The molecule has 2 aromatic heterocycles. The lowest BCUT2D eigenvalue weighted by Gasteiger charge is -2.19. The normalized spacial score (nSPS) is 12.6. The Labute approximate surface area is 108 Å². The van der Waals surface area contributed by atoms with Gasteiger partial charge in [-0.1, -0.05) is 13.0 Å². The monoisotopic (exact) mass is 244 g/mol. The molecule has 1 unspecified atom stereocenters. The molecule has 0 amide bonds. The third kappa shape index (κ3) is 2.59. The van der Waals surface area contributed by atoms with Crippen molar-refractivity contribution in [2.24, 2.45) is 7.05 Å². The lowest BCUT2D eigenvalue weighted by atomic mass is 10.1. The SMILES string of the molecule is CCCNC(c1cccnc1)c1cnc(C)n1C. The van der Waals surface area contributed by atoms with Crippen LogP contribution in [0.3, 0.4) is 0 Å². The van der Waals surface area contributed by atoms with Crippen LogP contribution in [-0.4, -0.2) is 21.1 Å². The summed E-state index contributed by atoms with van der Waals surface area (Å²) in [5.74, 6) is 1.03. The van der Waals surface area contributed by atoms with Crippen molar-refractivity contribution in [1.82, 2.24) is 19.9 Å². The second kappa shape index (κ2) is 5.78. The molecule has 2 heterocycles. The smallest absolute Gasteiger partial charge is 0.105 e. The van der Waals surface area contributed by atoms with Crippen LogP contribution in [0.1, 0.15) is 36.5 Å². The summed E-state index contributed by atoms with van der Waals surface area (Å²) in [6.45, 7) is 5.16. The molecule has 1 atom stereocenters.